The second-order valence-electron chi connectivity index (χ2n) is 2.73. The molecule has 0 spiro atoms. The molecule has 0 unspecified atom stereocenters. The molecule has 4 heteroatoms. The van der Waals surface area contributed by atoms with Crippen LogP contribution < -0.4 is 0 Å². The highest BCUT2D eigenvalue weighted by atomic mass is 16.1. The highest BCUT2D eigenvalue weighted by Gasteiger charge is 2.16. The van der Waals surface area contributed by atoms with E-state index in [0.717, 1.165) is 19.4 Å². The second-order valence-corrected chi connectivity index (χ2v) is 2.73. The van der Waals surface area contributed by atoms with Gasteiger partial charge < -0.3 is 4.57 Å². The molecule has 58 valence electrons. The Hall–Kier alpha value is -1.19. The molecule has 0 atom stereocenters. The maximum Gasteiger partial charge on any atom is 0.200 e. The summed E-state index contributed by atoms with van der Waals surface area (Å²) in [5.74, 6) is 0.655. The summed E-state index contributed by atoms with van der Waals surface area (Å²) >= 11 is 0. The Bertz CT molecular complexity index is 279. The summed E-state index contributed by atoms with van der Waals surface area (Å²) in [6, 6.07) is 0. The molecule has 1 aromatic rings. The number of aryl methyl sites for hydroxylation is 1. The molecule has 1 aromatic heterocycles. The van der Waals surface area contributed by atoms with Gasteiger partial charge in [0.05, 0.1) is 0 Å². The van der Waals surface area contributed by atoms with Crippen LogP contribution >= 0.6 is 0 Å². The number of aromatic nitrogens is 3. The van der Waals surface area contributed by atoms with E-state index in [2.05, 4.69) is 10.2 Å². The highest BCUT2D eigenvalue weighted by Crippen LogP contribution is 2.10. The number of hydrogen-bond donors (Lipinski definition) is 0. The predicted octanol–water partition coefficient (Wildman–Crippen LogP) is 0.645. The standard InChI is InChI=1S/C7H9N3O/c11-6-3-1-2-4-10-5-8-9-7(6)10/h5H,1-4H2. The van der Waals surface area contributed by atoms with Gasteiger partial charge in [0.2, 0.25) is 0 Å². The van der Waals surface area contributed by atoms with Crippen molar-refractivity contribution in [3.63, 3.8) is 0 Å². The Labute approximate surface area is 64.2 Å². The lowest BCUT2D eigenvalue weighted by Gasteiger charge is -1.96. The van der Waals surface area contributed by atoms with Gasteiger partial charge in [0.15, 0.2) is 11.6 Å². The van der Waals surface area contributed by atoms with Crippen molar-refractivity contribution in [2.45, 2.75) is 25.8 Å². The Morgan fingerprint density at radius 1 is 1.45 bits per heavy atom. The van der Waals surface area contributed by atoms with Gasteiger partial charge in [-0.2, -0.15) is 0 Å². The second kappa shape index (κ2) is 2.45. The molecule has 0 aliphatic carbocycles. The number of carbonyl (C=O) groups is 1. The van der Waals surface area contributed by atoms with Crippen molar-refractivity contribution in [3.05, 3.63) is 12.2 Å². The smallest absolute Gasteiger partial charge is 0.200 e. The monoisotopic (exact) mass is 151 g/mol. The molecular formula is C7H9N3O. The first-order valence-corrected chi connectivity index (χ1v) is 3.79. The molecule has 0 fully saturated rings. The number of Topliss-reactive ketones (excluding diaryl/α,β-unsaturated/α-hetero) is 1. The van der Waals surface area contributed by atoms with Crippen LogP contribution in [0.15, 0.2) is 6.33 Å². The average Bonchev–Trinajstić information content (AvgIpc) is 2.40. The first kappa shape index (κ1) is 6.52. The van der Waals surface area contributed by atoms with Gasteiger partial charge in [-0.15, -0.1) is 10.2 Å². The molecule has 11 heavy (non-hydrogen) atoms. The Kier molecular flexibility index (Phi) is 1.45. The van der Waals surface area contributed by atoms with Crippen LogP contribution in [0.1, 0.15) is 29.9 Å². The van der Waals surface area contributed by atoms with Crippen LogP contribution in [0.3, 0.4) is 0 Å². The summed E-state index contributed by atoms with van der Waals surface area (Å²) in [7, 11) is 0. The van der Waals surface area contributed by atoms with E-state index < -0.39 is 0 Å². The van der Waals surface area contributed by atoms with Crippen molar-refractivity contribution in [2.75, 3.05) is 0 Å². The number of ketones is 1. The van der Waals surface area contributed by atoms with Crippen molar-refractivity contribution in [2.24, 2.45) is 0 Å². The minimum Gasteiger partial charge on any atom is -0.311 e. The Morgan fingerprint density at radius 2 is 2.36 bits per heavy atom. The summed E-state index contributed by atoms with van der Waals surface area (Å²) in [6.07, 6.45) is 4.27. The topological polar surface area (TPSA) is 47.8 Å². The van der Waals surface area contributed by atoms with Crippen LogP contribution in [0.2, 0.25) is 0 Å². The van der Waals surface area contributed by atoms with Crippen molar-refractivity contribution < 1.29 is 4.79 Å². The number of rotatable bonds is 0. The summed E-state index contributed by atoms with van der Waals surface area (Å²) in [5.41, 5.74) is 0. The van der Waals surface area contributed by atoms with E-state index in [0.29, 0.717) is 12.2 Å². The third kappa shape index (κ3) is 1.04. The van der Waals surface area contributed by atoms with Crippen LogP contribution in [-0.2, 0) is 6.54 Å². The quantitative estimate of drug-likeness (QED) is 0.546. The van der Waals surface area contributed by atoms with E-state index in [9.17, 15) is 4.79 Å². The fraction of sp³-hybridized carbons (Fsp3) is 0.571. The summed E-state index contributed by atoms with van der Waals surface area (Å²) in [4.78, 5) is 11.2. The average molecular weight is 151 g/mol. The molecule has 2 rings (SSSR count). The Morgan fingerprint density at radius 3 is 3.27 bits per heavy atom. The van der Waals surface area contributed by atoms with Gasteiger partial charge in [-0.3, -0.25) is 4.79 Å². The van der Waals surface area contributed by atoms with Crippen molar-refractivity contribution in [3.8, 4) is 0 Å². The van der Waals surface area contributed by atoms with Crippen molar-refractivity contribution in [1.29, 1.82) is 0 Å². The molecule has 0 amide bonds. The highest BCUT2D eigenvalue weighted by molar-refractivity contribution is 5.92. The number of hydrogen-bond acceptors (Lipinski definition) is 3. The first-order chi connectivity index (χ1) is 5.38. The molecular weight excluding hydrogens is 142 g/mol. The first-order valence-electron chi connectivity index (χ1n) is 3.79. The van der Waals surface area contributed by atoms with Gasteiger partial charge in [-0.1, -0.05) is 0 Å². The molecule has 1 aliphatic rings. The summed E-state index contributed by atoms with van der Waals surface area (Å²) in [5, 5.41) is 7.45. The van der Waals surface area contributed by atoms with E-state index >= 15 is 0 Å². The minimum absolute atomic E-state index is 0.125. The Balaban J connectivity index is 2.41. The van der Waals surface area contributed by atoms with Crippen LogP contribution in [0.25, 0.3) is 0 Å². The van der Waals surface area contributed by atoms with E-state index in [1.54, 1.807) is 6.33 Å². The molecule has 0 aromatic carbocycles. The van der Waals surface area contributed by atoms with Crippen LogP contribution in [-0.4, -0.2) is 20.5 Å². The molecule has 0 bridgehead atoms. The van der Waals surface area contributed by atoms with Gasteiger partial charge >= 0.3 is 0 Å². The van der Waals surface area contributed by atoms with Gasteiger partial charge in [-0.25, -0.2) is 0 Å². The lowest BCUT2D eigenvalue weighted by atomic mass is 10.2. The fourth-order valence-corrected chi connectivity index (χ4v) is 1.31. The fourth-order valence-electron chi connectivity index (χ4n) is 1.31. The van der Waals surface area contributed by atoms with Crippen molar-refractivity contribution >= 4 is 5.78 Å². The SMILES string of the molecule is O=C1CCCCn2cnnc21. The third-order valence-electron chi connectivity index (χ3n) is 1.92. The largest absolute Gasteiger partial charge is 0.311 e. The van der Waals surface area contributed by atoms with Crippen molar-refractivity contribution in [1.82, 2.24) is 14.8 Å². The molecule has 1 aliphatic heterocycles. The van der Waals surface area contributed by atoms with Gasteiger partial charge in [0.1, 0.15) is 6.33 Å². The van der Waals surface area contributed by atoms with E-state index in [-0.39, 0.29) is 5.78 Å². The predicted molar refractivity (Wildman–Crippen MR) is 38.2 cm³/mol. The summed E-state index contributed by atoms with van der Waals surface area (Å²) in [6.45, 7) is 0.883. The molecule has 4 nitrogen and oxygen atoms in total. The number of fused-ring (bicyclic) bond motifs is 1. The maximum atomic E-state index is 11.2. The van der Waals surface area contributed by atoms with E-state index in [4.69, 9.17) is 0 Å². The van der Waals surface area contributed by atoms with Crippen LogP contribution in [0.5, 0.6) is 0 Å². The van der Waals surface area contributed by atoms with Crippen LogP contribution in [0, 0.1) is 0 Å². The number of carbonyl (C=O) groups excluding carboxylic acids is 1. The lowest BCUT2D eigenvalue weighted by molar-refractivity contribution is 0.0972. The zero-order valence-corrected chi connectivity index (χ0v) is 6.16. The zero-order valence-electron chi connectivity index (χ0n) is 6.16. The zero-order chi connectivity index (χ0) is 7.68. The normalized spacial score (nSPS) is 17.6. The van der Waals surface area contributed by atoms with E-state index in [1.165, 1.54) is 0 Å². The third-order valence-corrected chi connectivity index (χ3v) is 1.92. The number of nitrogens with zero attached hydrogens (tertiary/aromatic N) is 3. The van der Waals surface area contributed by atoms with Gasteiger partial charge in [-0.05, 0) is 12.8 Å². The molecule has 0 saturated carbocycles. The molecule has 2 heterocycles. The van der Waals surface area contributed by atoms with Crippen LogP contribution in [0.4, 0.5) is 0 Å². The molecule has 0 radical (unpaired) electrons. The maximum absolute atomic E-state index is 11.2. The van der Waals surface area contributed by atoms with Gasteiger partial charge in [0, 0.05) is 13.0 Å². The lowest BCUT2D eigenvalue weighted by Crippen LogP contribution is -2.05. The van der Waals surface area contributed by atoms with Gasteiger partial charge in [0.25, 0.3) is 0 Å². The minimum atomic E-state index is 0.125. The molecule has 0 saturated heterocycles. The summed E-state index contributed by atoms with van der Waals surface area (Å²) < 4.78 is 1.83. The van der Waals surface area contributed by atoms with E-state index in [1.807, 2.05) is 4.57 Å². The molecule has 0 N–H and O–H groups in total.